The second-order valence-corrected chi connectivity index (χ2v) is 5.87. The Morgan fingerprint density at radius 2 is 1.86 bits per heavy atom. The summed E-state index contributed by atoms with van der Waals surface area (Å²) in [4.78, 5) is 23.5. The second-order valence-electron chi connectivity index (χ2n) is 5.87. The highest BCUT2D eigenvalue weighted by Crippen LogP contribution is 2.22. The molecule has 0 spiro atoms. The normalized spacial score (nSPS) is 20.4. The van der Waals surface area contributed by atoms with Crippen LogP contribution in [0.3, 0.4) is 0 Å². The predicted molar refractivity (Wildman–Crippen MR) is 82.4 cm³/mol. The molecule has 1 aromatic heterocycles. The highest BCUT2D eigenvalue weighted by molar-refractivity contribution is 5.51. The molecule has 1 saturated heterocycles. The lowest BCUT2D eigenvalue weighted by Gasteiger charge is -2.33. The first-order valence-corrected chi connectivity index (χ1v) is 7.88. The monoisotopic (exact) mass is 289 g/mol. The molecule has 1 N–H and O–H groups in total. The van der Waals surface area contributed by atoms with E-state index < -0.39 is 0 Å². The average Bonchev–Trinajstić information content (AvgIpc) is 2.56. The van der Waals surface area contributed by atoms with Gasteiger partial charge in [0.2, 0.25) is 6.41 Å². The summed E-state index contributed by atoms with van der Waals surface area (Å²) in [5.74, 6) is 1.87. The van der Waals surface area contributed by atoms with Gasteiger partial charge in [-0.05, 0) is 12.8 Å². The summed E-state index contributed by atoms with van der Waals surface area (Å²) in [5, 5.41) is 3.54. The second kappa shape index (κ2) is 6.74. The fourth-order valence-corrected chi connectivity index (χ4v) is 3.11. The molecule has 2 fully saturated rings. The Hall–Kier alpha value is -1.85. The fraction of sp³-hybridized carbons (Fsp3) is 0.667. The Bertz CT molecular complexity index is 467. The first-order chi connectivity index (χ1) is 10.3. The van der Waals surface area contributed by atoms with Gasteiger partial charge < -0.3 is 15.1 Å². The van der Waals surface area contributed by atoms with Gasteiger partial charge in [0.05, 0.1) is 0 Å². The number of aromatic nitrogens is 2. The van der Waals surface area contributed by atoms with Crippen LogP contribution in [0.5, 0.6) is 0 Å². The zero-order valence-electron chi connectivity index (χ0n) is 12.4. The number of carbonyl (C=O) groups is 1. The number of anilines is 2. The SMILES string of the molecule is O=CN1CCN(c2cc(NC3CCCCC3)ncn2)CC1. The van der Waals surface area contributed by atoms with Crippen LogP contribution in [-0.4, -0.2) is 53.5 Å². The number of piperazine rings is 1. The molecule has 1 aliphatic heterocycles. The van der Waals surface area contributed by atoms with Gasteiger partial charge in [-0.15, -0.1) is 0 Å². The summed E-state index contributed by atoms with van der Waals surface area (Å²) >= 11 is 0. The zero-order chi connectivity index (χ0) is 14.5. The molecular formula is C15H23N5O. The third-order valence-electron chi connectivity index (χ3n) is 4.40. The van der Waals surface area contributed by atoms with Gasteiger partial charge in [-0.3, -0.25) is 4.79 Å². The highest BCUT2D eigenvalue weighted by atomic mass is 16.1. The maximum absolute atomic E-state index is 10.8. The molecule has 1 saturated carbocycles. The molecule has 0 atom stereocenters. The van der Waals surface area contributed by atoms with E-state index in [0.29, 0.717) is 6.04 Å². The molecule has 1 aromatic rings. The van der Waals surface area contributed by atoms with Crippen LogP contribution in [0.1, 0.15) is 32.1 Å². The summed E-state index contributed by atoms with van der Waals surface area (Å²) in [7, 11) is 0. The smallest absolute Gasteiger partial charge is 0.209 e. The van der Waals surface area contributed by atoms with Crippen molar-refractivity contribution in [2.45, 2.75) is 38.1 Å². The molecule has 2 aliphatic rings. The number of carbonyl (C=O) groups excluding carboxylic acids is 1. The predicted octanol–water partition coefficient (Wildman–Crippen LogP) is 1.50. The van der Waals surface area contributed by atoms with Crippen molar-refractivity contribution >= 4 is 18.0 Å². The molecule has 21 heavy (non-hydrogen) atoms. The summed E-state index contributed by atoms with van der Waals surface area (Å²) in [6, 6.07) is 2.58. The van der Waals surface area contributed by atoms with Crippen LogP contribution in [0.25, 0.3) is 0 Å². The number of nitrogens with zero attached hydrogens (tertiary/aromatic N) is 4. The number of amides is 1. The molecule has 3 rings (SSSR count). The van der Waals surface area contributed by atoms with Crippen molar-refractivity contribution in [2.24, 2.45) is 0 Å². The van der Waals surface area contributed by atoms with Gasteiger partial charge in [0.25, 0.3) is 0 Å². The Kier molecular flexibility index (Phi) is 4.52. The Morgan fingerprint density at radius 1 is 1.10 bits per heavy atom. The third kappa shape index (κ3) is 3.62. The number of hydrogen-bond donors (Lipinski definition) is 1. The highest BCUT2D eigenvalue weighted by Gasteiger charge is 2.18. The molecule has 1 aliphatic carbocycles. The summed E-state index contributed by atoms with van der Waals surface area (Å²) in [5.41, 5.74) is 0. The van der Waals surface area contributed by atoms with Gasteiger partial charge in [-0.1, -0.05) is 19.3 Å². The van der Waals surface area contributed by atoms with Crippen molar-refractivity contribution in [3.05, 3.63) is 12.4 Å². The number of hydrogen-bond acceptors (Lipinski definition) is 5. The number of nitrogens with one attached hydrogen (secondary N) is 1. The van der Waals surface area contributed by atoms with E-state index in [-0.39, 0.29) is 0 Å². The van der Waals surface area contributed by atoms with Gasteiger partial charge in [-0.2, -0.15) is 0 Å². The van der Waals surface area contributed by atoms with Crippen LogP contribution in [-0.2, 0) is 4.79 Å². The molecule has 6 nitrogen and oxygen atoms in total. The molecule has 0 radical (unpaired) electrons. The van der Waals surface area contributed by atoms with Gasteiger partial charge in [-0.25, -0.2) is 9.97 Å². The minimum atomic E-state index is 0.549. The van der Waals surface area contributed by atoms with Crippen molar-refractivity contribution in [3.63, 3.8) is 0 Å². The van der Waals surface area contributed by atoms with Gasteiger partial charge in [0, 0.05) is 38.3 Å². The van der Waals surface area contributed by atoms with E-state index in [9.17, 15) is 4.79 Å². The summed E-state index contributed by atoms with van der Waals surface area (Å²) < 4.78 is 0. The molecule has 0 aromatic carbocycles. The van der Waals surface area contributed by atoms with E-state index in [2.05, 4.69) is 20.2 Å². The lowest BCUT2D eigenvalue weighted by molar-refractivity contribution is -0.118. The summed E-state index contributed by atoms with van der Waals surface area (Å²) in [6.45, 7) is 3.19. The molecule has 114 valence electrons. The topological polar surface area (TPSA) is 61.4 Å². The Labute approximate surface area is 125 Å². The van der Waals surface area contributed by atoms with Crippen LogP contribution >= 0.6 is 0 Å². The van der Waals surface area contributed by atoms with E-state index in [4.69, 9.17) is 0 Å². The standard InChI is InChI=1S/C15H23N5O/c21-12-19-6-8-20(9-7-19)15-10-14(16-11-17-15)18-13-4-2-1-3-5-13/h10-13H,1-9H2,(H,16,17,18). The number of rotatable bonds is 4. The van der Waals surface area contributed by atoms with E-state index in [1.54, 1.807) is 11.2 Å². The van der Waals surface area contributed by atoms with Crippen LogP contribution in [0.4, 0.5) is 11.6 Å². The minimum Gasteiger partial charge on any atom is -0.367 e. The molecule has 6 heteroatoms. The van der Waals surface area contributed by atoms with Crippen LogP contribution in [0.15, 0.2) is 12.4 Å². The minimum absolute atomic E-state index is 0.549. The Balaban J connectivity index is 1.61. The van der Waals surface area contributed by atoms with E-state index in [1.165, 1.54) is 32.1 Å². The van der Waals surface area contributed by atoms with Crippen molar-refractivity contribution in [2.75, 3.05) is 36.4 Å². The van der Waals surface area contributed by atoms with Crippen molar-refractivity contribution in [3.8, 4) is 0 Å². The molecule has 1 amide bonds. The maximum atomic E-state index is 10.8. The van der Waals surface area contributed by atoms with Crippen molar-refractivity contribution < 1.29 is 4.79 Å². The van der Waals surface area contributed by atoms with Crippen LogP contribution in [0.2, 0.25) is 0 Å². The van der Waals surface area contributed by atoms with Gasteiger partial charge in [0.15, 0.2) is 0 Å². The van der Waals surface area contributed by atoms with E-state index >= 15 is 0 Å². The molecular weight excluding hydrogens is 266 g/mol. The quantitative estimate of drug-likeness (QED) is 0.851. The van der Waals surface area contributed by atoms with E-state index in [1.807, 2.05) is 6.07 Å². The lowest BCUT2D eigenvalue weighted by atomic mass is 9.95. The maximum Gasteiger partial charge on any atom is 0.209 e. The van der Waals surface area contributed by atoms with Crippen molar-refractivity contribution in [1.82, 2.24) is 14.9 Å². The summed E-state index contributed by atoms with van der Waals surface area (Å²) in [6.07, 6.45) is 9.00. The van der Waals surface area contributed by atoms with E-state index in [0.717, 1.165) is 44.2 Å². The molecule has 0 bridgehead atoms. The van der Waals surface area contributed by atoms with Crippen molar-refractivity contribution in [1.29, 1.82) is 0 Å². The van der Waals surface area contributed by atoms with Crippen LogP contribution in [0, 0.1) is 0 Å². The zero-order valence-corrected chi connectivity index (χ0v) is 12.4. The molecule has 0 unspecified atom stereocenters. The van der Waals surface area contributed by atoms with Gasteiger partial charge >= 0.3 is 0 Å². The first kappa shape index (κ1) is 14.1. The van der Waals surface area contributed by atoms with Gasteiger partial charge in [0.1, 0.15) is 18.0 Å². The largest absolute Gasteiger partial charge is 0.367 e. The average molecular weight is 289 g/mol. The first-order valence-electron chi connectivity index (χ1n) is 7.88. The Morgan fingerprint density at radius 3 is 2.57 bits per heavy atom. The fourth-order valence-electron chi connectivity index (χ4n) is 3.11. The lowest BCUT2D eigenvalue weighted by Crippen LogP contribution is -2.46. The van der Waals surface area contributed by atoms with Crippen LogP contribution < -0.4 is 10.2 Å². The molecule has 2 heterocycles. The third-order valence-corrected chi connectivity index (χ3v) is 4.40.